The Labute approximate surface area is 113 Å². The highest BCUT2D eigenvalue weighted by atomic mass is 79.9. The molecule has 0 aliphatic carbocycles. The second kappa shape index (κ2) is 5.78. The summed E-state index contributed by atoms with van der Waals surface area (Å²) in [4.78, 5) is 11.8. The van der Waals surface area contributed by atoms with Crippen molar-refractivity contribution in [2.24, 2.45) is 0 Å². The van der Waals surface area contributed by atoms with E-state index in [0.717, 1.165) is 0 Å². The lowest BCUT2D eigenvalue weighted by Gasteiger charge is -2.07. The third-order valence-electron chi connectivity index (χ3n) is 2.35. The molecule has 92 valence electrons. The van der Waals surface area contributed by atoms with Crippen LogP contribution in [0.25, 0.3) is 0 Å². The van der Waals surface area contributed by atoms with Gasteiger partial charge in [-0.3, -0.25) is 4.79 Å². The van der Waals surface area contributed by atoms with Crippen LogP contribution in [0.15, 0.2) is 53.0 Å². The lowest BCUT2D eigenvalue weighted by atomic mass is 10.1. The third kappa shape index (κ3) is 3.17. The molecule has 2 aromatic rings. The predicted octanol–water partition coefficient (Wildman–Crippen LogP) is 3.85. The summed E-state index contributed by atoms with van der Waals surface area (Å²) in [5, 5.41) is 0. The molecule has 0 unspecified atom stereocenters. The Hall–Kier alpha value is -1.68. The normalized spacial score (nSPS) is 10.1. The van der Waals surface area contributed by atoms with E-state index in [0.29, 0.717) is 10.0 Å². The number of carbonyl (C=O) groups is 1. The number of benzene rings is 2. The maximum absolute atomic E-state index is 13.4. The first-order valence-corrected chi connectivity index (χ1v) is 6.12. The Morgan fingerprint density at radius 2 is 1.89 bits per heavy atom. The minimum absolute atomic E-state index is 0.0636. The lowest BCUT2D eigenvalue weighted by molar-refractivity contribution is 0.0918. The maximum atomic E-state index is 13.4. The molecule has 0 atom stereocenters. The van der Waals surface area contributed by atoms with E-state index in [4.69, 9.17) is 4.74 Å². The van der Waals surface area contributed by atoms with Gasteiger partial charge in [-0.05, 0) is 18.2 Å². The highest BCUT2D eigenvalue weighted by Gasteiger charge is 2.09. The molecule has 0 N–H and O–H groups in total. The van der Waals surface area contributed by atoms with Crippen molar-refractivity contribution >= 4 is 21.7 Å². The van der Waals surface area contributed by atoms with Gasteiger partial charge < -0.3 is 4.74 Å². The summed E-state index contributed by atoms with van der Waals surface area (Å²) in [6, 6.07) is 13.1. The van der Waals surface area contributed by atoms with Crippen LogP contribution in [0.4, 0.5) is 4.39 Å². The van der Waals surface area contributed by atoms with Crippen LogP contribution in [0.5, 0.6) is 5.75 Å². The highest BCUT2D eigenvalue weighted by molar-refractivity contribution is 9.10. The lowest BCUT2D eigenvalue weighted by Crippen LogP contribution is -2.12. The minimum atomic E-state index is -0.487. The van der Waals surface area contributed by atoms with Gasteiger partial charge in [0, 0.05) is 10.0 Å². The van der Waals surface area contributed by atoms with E-state index in [1.807, 2.05) is 6.07 Å². The van der Waals surface area contributed by atoms with Crippen molar-refractivity contribution in [3.05, 3.63) is 64.4 Å². The van der Waals surface area contributed by atoms with Crippen LogP contribution in [0, 0.1) is 5.82 Å². The summed E-state index contributed by atoms with van der Waals surface area (Å²) in [6.07, 6.45) is 0. The van der Waals surface area contributed by atoms with Gasteiger partial charge in [0.25, 0.3) is 0 Å². The van der Waals surface area contributed by atoms with Gasteiger partial charge in [-0.25, -0.2) is 4.39 Å². The second-order valence-corrected chi connectivity index (χ2v) is 4.57. The van der Waals surface area contributed by atoms with Crippen molar-refractivity contribution in [1.29, 1.82) is 0 Å². The van der Waals surface area contributed by atoms with Crippen LogP contribution >= 0.6 is 15.9 Å². The molecular formula is C14H10BrFO2. The van der Waals surface area contributed by atoms with Gasteiger partial charge in [-0.2, -0.15) is 0 Å². The average molecular weight is 309 g/mol. The van der Waals surface area contributed by atoms with E-state index in [1.165, 1.54) is 12.1 Å². The third-order valence-corrected chi connectivity index (χ3v) is 2.84. The van der Waals surface area contributed by atoms with Gasteiger partial charge in [0.05, 0.1) is 0 Å². The van der Waals surface area contributed by atoms with Crippen LogP contribution in [-0.2, 0) is 0 Å². The molecule has 2 nitrogen and oxygen atoms in total. The highest BCUT2D eigenvalue weighted by Crippen LogP contribution is 2.22. The summed E-state index contributed by atoms with van der Waals surface area (Å²) in [5.74, 6) is -0.609. The monoisotopic (exact) mass is 308 g/mol. The van der Waals surface area contributed by atoms with Crippen molar-refractivity contribution in [2.75, 3.05) is 6.61 Å². The molecule has 0 amide bonds. The smallest absolute Gasteiger partial charge is 0.200 e. The van der Waals surface area contributed by atoms with E-state index in [2.05, 4.69) is 15.9 Å². The molecule has 0 saturated carbocycles. The molecule has 2 aromatic carbocycles. The molecule has 0 aliphatic rings. The SMILES string of the molecule is O=C(COc1cc(Br)ccc1F)c1ccccc1. The Morgan fingerprint density at radius 1 is 1.17 bits per heavy atom. The number of rotatable bonds is 4. The number of Topliss-reactive ketones (excluding diaryl/α,β-unsaturated/α-hetero) is 1. The summed E-state index contributed by atoms with van der Waals surface area (Å²) in [5.41, 5.74) is 0.549. The predicted molar refractivity (Wildman–Crippen MR) is 70.4 cm³/mol. The van der Waals surface area contributed by atoms with E-state index in [1.54, 1.807) is 30.3 Å². The number of halogens is 2. The summed E-state index contributed by atoms with van der Waals surface area (Å²) >= 11 is 3.22. The van der Waals surface area contributed by atoms with E-state index >= 15 is 0 Å². The maximum Gasteiger partial charge on any atom is 0.200 e. The average Bonchev–Trinajstić information content (AvgIpc) is 2.40. The summed E-state index contributed by atoms with van der Waals surface area (Å²) in [7, 11) is 0. The zero-order valence-electron chi connectivity index (χ0n) is 9.40. The van der Waals surface area contributed by atoms with Crippen molar-refractivity contribution in [2.45, 2.75) is 0 Å². The van der Waals surface area contributed by atoms with Gasteiger partial charge >= 0.3 is 0 Å². The number of ether oxygens (including phenoxy) is 1. The largest absolute Gasteiger partial charge is 0.482 e. The second-order valence-electron chi connectivity index (χ2n) is 3.65. The molecular weight excluding hydrogens is 299 g/mol. The van der Waals surface area contributed by atoms with Crippen LogP contribution in [0.1, 0.15) is 10.4 Å². The Balaban J connectivity index is 2.04. The number of carbonyl (C=O) groups excluding carboxylic acids is 1. The standard InChI is InChI=1S/C14H10BrFO2/c15-11-6-7-12(16)14(8-11)18-9-13(17)10-4-2-1-3-5-10/h1-8H,9H2. The van der Waals surface area contributed by atoms with E-state index < -0.39 is 5.82 Å². The van der Waals surface area contributed by atoms with Gasteiger partial charge in [-0.15, -0.1) is 0 Å². The van der Waals surface area contributed by atoms with Crippen LogP contribution in [-0.4, -0.2) is 12.4 Å². The zero-order chi connectivity index (χ0) is 13.0. The topological polar surface area (TPSA) is 26.3 Å². The molecule has 4 heteroatoms. The molecule has 0 spiro atoms. The molecule has 0 fully saturated rings. The number of hydrogen-bond acceptors (Lipinski definition) is 2. The van der Waals surface area contributed by atoms with Crippen molar-refractivity contribution in [1.82, 2.24) is 0 Å². The summed E-state index contributed by atoms with van der Waals surface area (Å²) in [6.45, 7) is -0.183. The quantitative estimate of drug-likeness (QED) is 0.802. The fraction of sp³-hybridized carbons (Fsp3) is 0.0714. The number of ketones is 1. The van der Waals surface area contributed by atoms with Crippen molar-refractivity contribution < 1.29 is 13.9 Å². The first-order valence-electron chi connectivity index (χ1n) is 5.33. The van der Waals surface area contributed by atoms with Crippen LogP contribution in [0.2, 0.25) is 0 Å². The zero-order valence-corrected chi connectivity index (χ0v) is 11.0. The fourth-order valence-electron chi connectivity index (χ4n) is 1.44. The van der Waals surface area contributed by atoms with Crippen LogP contribution < -0.4 is 4.74 Å². The van der Waals surface area contributed by atoms with Gasteiger partial charge in [0.15, 0.2) is 24.0 Å². The summed E-state index contributed by atoms with van der Waals surface area (Å²) < 4.78 is 19.2. The minimum Gasteiger partial charge on any atom is -0.482 e. The molecule has 0 aliphatic heterocycles. The molecule has 18 heavy (non-hydrogen) atoms. The Bertz CT molecular complexity index is 555. The fourth-order valence-corrected chi connectivity index (χ4v) is 1.78. The molecule has 0 heterocycles. The molecule has 2 rings (SSSR count). The van der Waals surface area contributed by atoms with Gasteiger partial charge in [0.2, 0.25) is 0 Å². The van der Waals surface area contributed by atoms with E-state index in [9.17, 15) is 9.18 Å². The van der Waals surface area contributed by atoms with Crippen molar-refractivity contribution in [3.8, 4) is 5.75 Å². The van der Waals surface area contributed by atoms with Crippen LogP contribution in [0.3, 0.4) is 0 Å². The molecule has 0 radical (unpaired) electrons. The van der Waals surface area contributed by atoms with Crippen molar-refractivity contribution in [3.63, 3.8) is 0 Å². The Morgan fingerprint density at radius 3 is 2.61 bits per heavy atom. The number of hydrogen-bond donors (Lipinski definition) is 0. The molecule has 0 aromatic heterocycles. The van der Waals surface area contributed by atoms with E-state index in [-0.39, 0.29) is 18.1 Å². The Kier molecular flexibility index (Phi) is 4.10. The van der Waals surface area contributed by atoms with Gasteiger partial charge in [-0.1, -0.05) is 46.3 Å². The molecule has 0 saturated heterocycles. The first-order chi connectivity index (χ1) is 8.66. The van der Waals surface area contributed by atoms with Gasteiger partial charge in [0.1, 0.15) is 0 Å². The first kappa shape index (κ1) is 12.8. The molecule has 0 bridgehead atoms.